The molecule has 162 valence electrons. The number of amides is 2. The first-order chi connectivity index (χ1) is 14.0. The van der Waals surface area contributed by atoms with Gasteiger partial charge in [0.1, 0.15) is 17.2 Å². The molecule has 0 aromatic heterocycles. The maximum absolute atomic E-state index is 13.6. The first-order valence-electron chi connectivity index (χ1n) is 9.21. The topological polar surface area (TPSA) is 76.7 Å². The number of hydrogen-bond donors (Lipinski definition) is 2. The molecule has 0 aliphatic heterocycles. The van der Waals surface area contributed by atoms with Crippen LogP contribution in [0.4, 0.5) is 29.3 Å². The Morgan fingerprint density at radius 2 is 1.60 bits per heavy atom. The molecule has 0 heterocycles. The fraction of sp³-hybridized carbons (Fsp3) is 0.333. The molecule has 0 aliphatic carbocycles. The van der Waals surface area contributed by atoms with E-state index in [1.54, 1.807) is 20.8 Å². The van der Waals surface area contributed by atoms with E-state index in [2.05, 4.69) is 10.6 Å². The van der Waals surface area contributed by atoms with E-state index in [0.29, 0.717) is 6.07 Å². The fourth-order valence-corrected chi connectivity index (χ4v) is 2.36. The zero-order valence-electron chi connectivity index (χ0n) is 16.9. The highest BCUT2D eigenvalue weighted by molar-refractivity contribution is 5.97. The molecule has 0 fully saturated rings. The van der Waals surface area contributed by atoms with Crippen molar-refractivity contribution in [2.45, 2.75) is 39.2 Å². The quantitative estimate of drug-likeness (QED) is 0.596. The minimum atomic E-state index is -0.836. The average molecular weight is 424 g/mol. The van der Waals surface area contributed by atoms with Gasteiger partial charge >= 0.3 is 6.09 Å². The normalized spacial score (nSPS) is 11.0. The van der Waals surface area contributed by atoms with E-state index in [1.165, 1.54) is 6.07 Å². The van der Waals surface area contributed by atoms with Crippen LogP contribution in [0.5, 0.6) is 5.75 Å². The molecule has 2 amide bonds. The molecule has 0 aliphatic rings. The Labute approximate surface area is 172 Å². The minimum Gasteiger partial charge on any atom is -0.491 e. The van der Waals surface area contributed by atoms with E-state index in [9.17, 15) is 22.8 Å². The molecule has 0 saturated carbocycles. The second-order valence-corrected chi connectivity index (χ2v) is 7.39. The van der Waals surface area contributed by atoms with Crippen LogP contribution in [-0.4, -0.2) is 24.2 Å². The van der Waals surface area contributed by atoms with Crippen molar-refractivity contribution < 1.29 is 32.2 Å². The van der Waals surface area contributed by atoms with Gasteiger partial charge in [0.15, 0.2) is 11.6 Å². The van der Waals surface area contributed by atoms with Crippen LogP contribution in [0.15, 0.2) is 36.4 Å². The Balaban J connectivity index is 1.89. The Morgan fingerprint density at radius 3 is 2.27 bits per heavy atom. The first kappa shape index (κ1) is 23.1. The molecule has 0 bridgehead atoms. The Kier molecular flexibility index (Phi) is 7.68. The van der Waals surface area contributed by atoms with Gasteiger partial charge in [-0.15, -0.1) is 0 Å². The predicted molar refractivity (Wildman–Crippen MR) is 106 cm³/mol. The van der Waals surface area contributed by atoms with Crippen LogP contribution in [0.25, 0.3) is 0 Å². The maximum Gasteiger partial charge on any atom is 0.412 e. The van der Waals surface area contributed by atoms with E-state index in [0.717, 1.165) is 24.3 Å². The summed E-state index contributed by atoms with van der Waals surface area (Å²) < 4.78 is 50.3. The standard InChI is InChI=1S/C21H23F3N2O4/c1-21(2,3)30-20(28)26-16-8-6-14(23)12-17(16)25-19(27)5-4-10-29-18-9-7-13(22)11-15(18)24/h6-9,11-12H,4-5,10H2,1-3H3,(H,25,27)(H,26,28). The number of nitrogens with one attached hydrogen (secondary N) is 2. The Bertz CT molecular complexity index is 914. The number of rotatable bonds is 7. The lowest BCUT2D eigenvalue weighted by Gasteiger charge is -2.20. The molecule has 0 atom stereocenters. The predicted octanol–water partition coefficient (Wildman–Crippen LogP) is 5.25. The summed E-state index contributed by atoms with van der Waals surface area (Å²) in [6.07, 6.45) is -0.530. The van der Waals surface area contributed by atoms with E-state index >= 15 is 0 Å². The lowest BCUT2D eigenvalue weighted by molar-refractivity contribution is -0.116. The average Bonchev–Trinajstić information content (AvgIpc) is 2.61. The molecule has 0 saturated heterocycles. The molecule has 2 N–H and O–H groups in total. The van der Waals surface area contributed by atoms with E-state index < -0.39 is 35.1 Å². The molecular formula is C21H23F3N2O4. The van der Waals surface area contributed by atoms with Gasteiger partial charge in [-0.1, -0.05) is 0 Å². The molecule has 9 heteroatoms. The fourth-order valence-electron chi connectivity index (χ4n) is 2.36. The number of anilines is 2. The second-order valence-electron chi connectivity index (χ2n) is 7.39. The highest BCUT2D eigenvalue weighted by Gasteiger charge is 2.18. The largest absolute Gasteiger partial charge is 0.491 e. The Morgan fingerprint density at radius 1 is 0.933 bits per heavy atom. The maximum atomic E-state index is 13.6. The van der Waals surface area contributed by atoms with Crippen molar-refractivity contribution in [3.05, 3.63) is 53.8 Å². The van der Waals surface area contributed by atoms with Crippen LogP contribution >= 0.6 is 0 Å². The minimum absolute atomic E-state index is 0.00873. The van der Waals surface area contributed by atoms with Gasteiger partial charge in [-0.2, -0.15) is 0 Å². The van der Waals surface area contributed by atoms with Gasteiger partial charge in [0, 0.05) is 12.5 Å². The van der Waals surface area contributed by atoms with Crippen molar-refractivity contribution in [3.8, 4) is 5.75 Å². The highest BCUT2D eigenvalue weighted by Crippen LogP contribution is 2.24. The van der Waals surface area contributed by atoms with E-state index in [1.807, 2.05) is 0 Å². The summed E-state index contributed by atoms with van der Waals surface area (Å²) in [6, 6.07) is 6.42. The number of carbonyl (C=O) groups is 2. The molecule has 2 aromatic rings. The van der Waals surface area contributed by atoms with Crippen molar-refractivity contribution >= 4 is 23.4 Å². The third-order valence-electron chi connectivity index (χ3n) is 3.59. The third-order valence-corrected chi connectivity index (χ3v) is 3.59. The molecule has 30 heavy (non-hydrogen) atoms. The highest BCUT2D eigenvalue weighted by atomic mass is 19.1. The second kappa shape index (κ2) is 10.00. The number of ether oxygens (including phenoxy) is 2. The summed E-state index contributed by atoms with van der Waals surface area (Å²) in [7, 11) is 0. The van der Waals surface area contributed by atoms with Gasteiger partial charge in [0.25, 0.3) is 0 Å². The lowest BCUT2D eigenvalue weighted by atomic mass is 10.2. The summed E-state index contributed by atoms with van der Waals surface area (Å²) in [5.41, 5.74) is -0.489. The summed E-state index contributed by atoms with van der Waals surface area (Å²) in [5.74, 6) is -2.74. The van der Waals surface area contributed by atoms with Gasteiger partial charge in [0.05, 0.1) is 18.0 Å². The number of benzene rings is 2. The zero-order chi connectivity index (χ0) is 22.3. The number of hydrogen-bond acceptors (Lipinski definition) is 4. The smallest absolute Gasteiger partial charge is 0.412 e. The van der Waals surface area contributed by atoms with Gasteiger partial charge in [-0.3, -0.25) is 10.1 Å². The third kappa shape index (κ3) is 7.65. The molecule has 2 rings (SSSR count). The molecule has 0 radical (unpaired) electrons. The Hall–Kier alpha value is -3.23. The first-order valence-corrected chi connectivity index (χ1v) is 9.21. The molecule has 2 aromatic carbocycles. The molecule has 0 spiro atoms. The molecular weight excluding hydrogens is 401 g/mol. The van der Waals surface area contributed by atoms with Gasteiger partial charge in [0.2, 0.25) is 5.91 Å². The van der Waals surface area contributed by atoms with Crippen LogP contribution in [0.3, 0.4) is 0 Å². The summed E-state index contributed by atoms with van der Waals surface area (Å²) in [4.78, 5) is 24.1. The monoisotopic (exact) mass is 424 g/mol. The van der Waals surface area contributed by atoms with Gasteiger partial charge < -0.3 is 14.8 Å². The van der Waals surface area contributed by atoms with Gasteiger partial charge in [-0.05, 0) is 57.5 Å². The van der Waals surface area contributed by atoms with Crippen LogP contribution in [-0.2, 0) is 9.53 Å². The van der Waals surface area contributed by atoms with Crippen LogP contribution < -0.4 is 15.4 Å². The van der Waals surface area contributed by atoms with Crippen molar-refractivity contribution in [1.82, 2.24) is 0 Å². The van der Waals surface area contributed by atoms with Gasteiger partial charge in [-0.25, -0.2) is 18.0 Å². The summed E-state index contributed by atoms with van der Waals surface area (Å²) in [6.45, 7) is 5.10. The summed E-state index contributed by atoms with van der Waals surface area (Å²) >= 11 is 0. The molecule has 0 unspecified atom stereocenters. The van der Waals surface area contributed by atoms with Crippen LogP contribution in [0.1, 0.15) is 33.6 Å². The van der Waals surface area contributed by atoms with Crippen LogP contribution in [0, 0.1) is 17.5 Å². The van der Waals surface area contributed by atoms with Crippen molar-refractivity contribution in [1.29, 1.82) is 0 Å². The van der Waals surface area contributed by atoms with Crippen LogP contribution in [0.2, 0.25) is 0 Å². The van der Waals surface area contributed by atoms with E-state index in [-0.39, 0.29) is 36.6 Å². The lowest BCUT2D eigenvalue weighted by Crippen LogP contribution is -2.27. The van der Waals surface area contributed by atoms with Crippen molar-refractivity contribution in [2.24, 2.45) is 0 Å². The number of carbonyl (C=O) groups excluding carboxylic acids is 2. The molecule has 6 nitrogen and oxygen atoms in total. The van der Waals surface area contributed by atoms with E-state index in [4.69, 9.17) is 9.47 Å². The SMILES string of the molecule is CC(C)(C)OC(=O)Nc1ccc(F)cc1NC(=O)CCCOc1ccc(F)cc1F. The zero-order valence-corrected chi connectivity index (χ0v) is 16.9. The number of halogens is 3. The summed E-state index contributed by atoms with van der Waals surface area (Å²) in [5, 5.41) is 4.97. The van der Waals surface area contributed by atoms with Crippen molar-refractivity contribution in [2.75, 3.05) is 17.2 Å². The van der Waals surface area contributed by atoms with Crippen molar-refractivity contribution in [3.63, 3.8) is 0 Å².